The first kappa shape index (κ1) is 16.8. The maximum atomic E-state index is 10.2. The zero-order chi connectivity index (χ0) is 15.7. The third kappa shape index (κ3) is 6.67. The summed E-state index contributed by atoms with van der Waals surface area (Å²) in [4.78, 5) is 29.7. The number of carbonyl (C=O) groups is 3. The van der Waals surface area contributed by atoms with Crippen LogP contribution in [0.25, 0.3) is 0 Å². The molecule has 2 rings (SSSR count). The maximum Gasteiger partial charge on any atom is 0.372 e. The molecule has 1 aliphatic heterocycles. The lowest BCUT2D eigenvalue weighted by Gasteiger charge is -2.01. The number of Topliss-reactive ketones (excluding diaryl/α,β-unsaturated/α-hetero) is 1. The van der Waals surface area contributed by atoms with Gasteiger partial charge in [0.25, 0.3) is 0 Å². The number of carbonyl (C=O) groups excluding carboxylic acids is 1. The van der Waals surface area contributed by atoms with Crippen LogP contribution in [0.5, 0.6) is 0 Å². The first-order chi connectivity index (χ1) is 10.0. The number of carboxylic acid groups (broad SMARTS) is 2. The van der Waals surface area contributed by atoms with Crippen molar-refractivity contribution < 1.29 is 24.6 Å². The monoisotopic (exact) mass is 293 g/mol. The molecule has 0 saturated carbocycles. The number of ketones is 1. The average Bonchev–Trinajstić information content (AvgIpc) is 2.70. The van der Waals surface area contributed by atoms with Gasteiger partial charge in [-0.3, -0.25) is 9.59 Å². The van der Waals surface area contributed by atoms with E-state index < -0.39 is 30.6 Å². The van der Waals surface area contributed by atoms with Crippen molar-refractivity contribution in [2.75, 3.05) is 13.1 Å². The molecule has 1 aromatic rings. The molecule has 6 heteroatoms. The van der Waals surface area contributed by atoms with E-state index in [1.54, 1.807) is 0 Å². The summed E-state index contributed by atoms with van der Waals surface area (Å²) in [5, 5.41) is 19.3. The molecular formula is C15H19NO5. The second-order valence-corrected chi connectivity index (χ2v) is 4.64. The van der Waals surface area contributed by atoms with Gasteiger partial charge < -0.3 is 15.5 Å². The van der Waals surface area contributed by atoms with Crippen LogP contribution in [-0.2, 0) is 27.2 Å². The van der Waals surface area contributed by atoms with Gasteiger partial charge in [0.15, 0.2) is 0 Å². The summed E-state index contributed by atoms with van der Waals surface area (Å²) in [5.41, 5.74) is 3.05. The highest BCUT2D eigenvalue weighted by molar-refractivity contribution is 6.32. The van der Waals surface area contributed by atoms with Crippen molar-refractivity contribution in [3.05, 3.63) is 35.4 Å². The van der Waals surface area contributed by atoms with Crippen molar-refractivity contribution >= 4 is 17.7 Å². The Hall–Kier alpha value is -2.21. The van der Waals surface area contributed by atoms with Gasteiger partial charge >= 0.3 is 11.9 Å². The van der Waals surface area contributed by atoms with Gasteiger partial charge in [-0.15, -0.1) is 0 Å². The molecule has 0 aliphatic carbocycles. The van der Waals surface area contributed by atoms with Gasteiger partial charge in [-0.1, -0.05) is 24.3 Å². The quantitative estimate of drug-likeness (QED) is 0.712. The lowest BCUT2D eigenvalue weighted by molar-refractivity contribution is -0.149. The van der Waals surface area contributed by atoms with E-state index in [0.717, 1.165) is 13.1 Å². The molecule has 1 aliphatic rings. The van der Waals surface area contributed by atoms with Crippen LogP contribution < -0.4 is 5.32 Å². The first-order valence-electron chi connectivity index (χ1n) is 6.76. The minimum absolute atomic E-state index is 0.425. The van der Waals surface area contributed by atoms with E-state index >= 15 is 0 Å². The van der Waals surface area contributed by atoms with Gasteiger partial charge in [-0.2, -0.15) is 0 Å². The third-order valence-electron chi connectivity index (χ3n) is 3.07. The molecule has 0 spiro atoms. The Bertz CT molecular complexity index is 488. The fraction of sp³-hybridized carbons (Fsp3) is 0.400. The molecule has 21 heavy (non-hydrogen) atoms. The fourth-order valence-electron chi connectivity index (χ4n) is 1.94. The van der Waals surface area contributed by atoms with Gasteiger partial charge in [-0.25, -0.2) is 4.79 Å². The van der Waals surface area contributed by atoms with Crippen molar-refractivity contribution in [1.29, 1.82) is 0 Å². The second kappa shape index (κ2) is 8.86. The zero-order valence-corrected chi connectivity index (χ0v) is 11.7. The number of nitrogens with one attached hydrogen (secondary N) is 1. The van der Waals surface area contributed by atoms with E-state index in [2.05, 4.69) is 29.6 Å². The molecule has 0 amide bonds. The first-order valence-corrected chi connectivity index (χ1v) is 6.76. The number of hydrogen-bond acceptors (Lipinski definition) is 4. The van der Waals surface area contributed by atoms with Crippen molar-refractivity contribution in [2.45, 2.75) is 25.7 Å². The standard InChI is InChI=1S/C10H13N.C5H6O5/c1-2-4-10-6-8-11-7-5-9(10)3-1;6-3(5(9)10)1-2-4(7)8/h1-4,11H,5-8H2;1-2H2,(H,7,8)(H,9,10). The third-order valence-corrected chi connectivity index (χ3v) is 3.07. The van der Waals surface area contributed by atoms with Crippen LogP contribution in [-0.4, -0.2) is 41.0 Å². The molecule has 0 saturated heterocycles. The largest absolute Gasteiger partial charge is 0.481 e. The summed E-state index contributed by atoms with van der Waals surface area (Å²) in [6, 6.07) is 8.74. The van der Waals surface area contributed by atoms with Crippen molar-refractivity contribution in [2.24, 2.45) is 0 Å². The Balaban J connectivity index is 0.000000212. The summed E-state index contributed by atoms with van der Waals surface area (Å²) >= 11 is 0. The van der Waals surface area contributed by atoms with Crippen molar-refractivity contribution in [3.8, 4) is 0 Å². The Morgan fingerprint density at radius 2 is 1.48 bits per heavy atom. The van der Waals surface area contributed by atoms with E-state index in [0.29, 0.717) is 0 Å². The molecule has 114 valence electrons. The number of carboxylic acids is 2. The van der Waals surface area contributed by atoms with Crippen LogP contribution in [0.2, 0.25) is 0 Å². The highest BCUT2D eigenvalue weighted by Gasteiger charge is 2.12. The van der Waals surface area contributed by atoms with Gasteiger partial charge in [-0.05, 0) is 37.1 Å². The van der Waals surface area contributed by atoms with Crippen LogP contribution in [0.3, 0.4) is 0 Å². The van der Waals surface area contributed by atoms with Gasteiger partial charge in [0, 0.05) is 6.42 Å². The molecule has 0 radical (unpaired) electrons. The molecule has 1 heterocycles. The van der Waals surface area contributed by atoms with E-state index in [1.807, 2.05) is 0 Å². The van der Waals surface area contributed by atoms with Gasteiger partial charge in [0.05, 0.1) is 6.42 Å². The summed E-state index contributed by atoms with van der Waals surface area (Å²) < 4.78 is 0. The Morgan fingerprint density at radius 1 is 0.952 bits per heavy atom. The Labute approximate surface area is 122 Å². The molecule has 1 aromatic carbocycles. The van der Waals surface area contributed by atoms with Crippen LogP contribution >= 0.6 is 0 Å². The molecule has 0 unspecified atom stereocenters. The summed E-state index contributed by atoms with van der Waals surface area (Å²) in [5.74, 6) is -3.82. The zero-order valence-electron chi connectivity index (χ0n) is 11.7. The number of benzene rings is 1. The van der Waals surface area contributed by atoms with E-state index in [-0.39, 0.29) is 0 Å². The normalized spacial score (nSPS) is 13.1. The van der Waals surface area contributed by atoms with E-state index in [9.17, 15) is 14.4 Å². The van der Waals surface area contributed by atoms with Crippen molar-refractivity contribution in [3.63, 3.8) is 0 Å². The lowest BCUT2D eigenvalue weighted by Crippen LogP contribution is -2.16. The molecule has 0 aromatic heterocycles. The Morgan fingerprint density at radius 3 is 1.90 bits per heavy atom. The maximum absolute atomic E-state index is 10.2. The molecule has 0 atom stereocenters. The molecular weight excluding hydrogens is 274 g/mol. The smallest absolute Gasteiger partial charge is 0.372 e. The van der Waals surface area contributed by atoms with Crippen molar-refractivity contribution in [1.82, 2.24) is 5.32 Å². The minimum Gasteiger partial charge on any atom is -0.481 e. The fourth-order valence-corrected chi connectivity index (χ4v) is 1.94. The lowest BCUT2D eigenvalue weighted by atomic mass is 10.0. The number of rotatable bonds is 4. The minimum atomic E-state index is -1.58. The number of fused-ring (bicyclic) bond motifs is 1. The van der Waals surface area contributed by atoms with Gasteiger partial charge in [0.1, 0.15) is 0 Å². The van der Waals surface area contributed by atoms with E-state index in [4.69, 9.17) is 10.2 Å². The average molecular weight is 293 g/mol. The molecule has 3 N–H and O–H groups in total. The molecule has 0 fully saturated rings. The predicted octanol–water partition coefficient (Wildman–Crippen LogP) is 0.880. The highest BCUT2D eigenvalue weighted by Crippen LogP contribution is 2.11. The van der Waals surface area contributed by atoms with Crippen LogP contribution in [0.15, 0.2) is 24.3 Å². The topological polar surface area (TPSA) is 104 Å². The van der Waals surface area contributed by atoms with Crippen LogP contribution in [0.4, 0.5) is 0 Å². The number of hydrogen-bond donors (Lipinski definition) is 3. The molecule has 6 nitrogen and oxygen atoms in total. The Kier molecular flexibility index (Phi) is 7.11. The van der Waals surface area contributed by atoms with E-state index in [1.165, 1.54) is 24.0 Å². The molecule has 0 bridgehead atoms. The SMILES string of the molecule is O=C(O)CCC(=O)C(=O)O.c1ccc2c(c1)CCNCC2. The van der Waals surface area contributed by atoms with Gasteiger partial charge in [0.2, 0.25) is 5.78 Å². The van der Waals surface area contributed by atoms with Crippen LogP contribution in [0, 0.1) is 0 Å². The van der Waals surface area contributed by atoms with Crippen LogP contribution in [0.1, 0.15) is 24.0 Å². The summed E-state index contributed by atoms with van der Waals surface area (Å²) in [7, 11) is 0. The number of aliphatic carboxylic acids is 2. The predicted molar refractivity (Wildman–Crippen MR) is 76.2 cm³/mol. The summed E-state index contributed by atoms with van der Waals surface area (Å²) in [6.07, 6.45) is 1.52. The second-order valence-electron chi connectivity index (χ2n) is 4.64. The highest BCUT2D eigenvalue weighted by atomic mass is 16.4. The summed E-state index contributed by atoms with van der Waals surface area (Å²) in [6.45, 7) is 2.27.